The van der Waals surface area contributed by atoms with Crippen molar-refractivity contribution >= 4 is 74.9 Å². The number of allylic oxidation sites excluding steroid dienone is 3. The predicted molar refractivity (Wildman–Crippen MR) is 250 cm³/mol. The molecule has 66 heavy (non-hydrogen) atoms. The minimum Gasteiger partial charge on any atom is -0.508 e. The van der Waals surface area contributed by atoms with Crippen molar-refractivity contribution in [3.63, 3.8) is 0 Å². The van der Waals surface area contributed by atoms with Gasteiger partial charge in [0, 0.05) is 65.1 Å². The third-order valence-corrected chi connectivity index (χ3v) is 10.0. The minimum absolute atomic E-state index is 0.0358. The number of phenols is 1. The van der Waals surface area contributed by atoms with E-state index in [4.69, 9.17) is 22.4 Å². The van der Waals surface area contributed by atoms with Crippen LogP contribution in [-0.2, 0) is 20.9 Å². The smallest absolute Gasteiger partial charge is 0.336 e. The van der Waals surface area contributed by atoms with E-state index in [1.807, 2.05) is 13.8 Å². The molecule has 0 fully saturated rings. The van der Waals surface area contributed by atoms with E-state index in [0.717, 1.165) is 0 Å². The van der Waals surface area contributed by atoms with Crippen LogP contribution >= 0.6 is 12.2 Å². The molecule has 4 aromatic rings. The molecule has 0 saturated heterocycles. The predicted octanol–water partition coefficient (Wildman–Crippen LogP) is 3.92. The number of nitrogens with two attached hydrogens (primary N) is 1. The zero-order valence-electron chi connectivity index (χ0n) is 35.4. The molecule has 3 aliphatic rings. The number of nitrogen functional groups attached to an aromatic ring is 1. The number of aromatic amines is 1. The molecule has 2 aliphatic carbocycles. The first kappa shape index (κ1) is 47.0. The Kier molecular flexibility index (Phi) is 15.2. The van der Waals surface area contributed by atoms with Gasteiger partial charge in [-0.1, -0.05) is 32.1 Å². The van der Waals surface area contributed by atoms with Crippen molar-refractivity contribution < 1.29 is 38.9 Å². The summed E-state index contributed by atoms with van der Waals surface area (Å²) in [4.78, 5) is 89.3. The molecule has 0 bridgehead atoms. The molecule has 1 aliphatic heterocycles. The van der Waals surface area contributed by atoms with Crippen molar-refractivity contribution in [3.05, 3.63) is 128 Å². The van der Waals surface area contributed by atoms with E-state index in [1.165, 1.54) is 42.6 Å². The number of fused-ring (bicyclic) bond motifs is 3. The Labute approximate surface area is 380 Å². The molecule has 340 valence electrons. The maximum atomic E-state index is 13.1. The lowest BCUT2D eigenvalue weighted by Gasteiger charge is -2.18. The molecule has 3 heterocycles. The summed E-state index contributed by atoms with van der Waals surface area (Å²) in [5, 5.41) is 44.9. The average molecular weight is 917 g/mol. The zero-order chi connectivity index (χ0) is 47.5. The number of aromatic carboxylic acids is 1. The van der Waals surface area contributed by atoms with Gasteiger partial charge in [0.2, 0.25) is 11.9 Å². The van der Waals surface area contributed by atoms with Gasteiger partial charge in [0.25, 0.3) is 11.5 Å². The number of hydrogen-bond acceptors (Lipinski definition) is 14. The number of H-pyrrole nitrogens is 1. The number of carboxylic acid groups (broad SMARTS) is 2. The second-order valence-corrected chi connectivity index (χ2v) is 14.6. The van der Waals surface area contributed by atoms with Crippen molar-refractivity contribution in [2.24, 2.45) is 0 Å². The fraction of sp³-hybridized carbons (Fsp3) is 0.200. The number of aromatic nitrogens is 4. The summed E-state index contributed by atoms with van der Waals surface area (Å²) in [6, 6.07) is 11.9. The number of carboxylic acids is 2. The number of carbonyl (C=O) groups excluding carboxylic acids is 2. The van der Waals surface area contributed by atoms with Crippen LogP contribution in [0.2, 0.25) is 0 Å². The summed E-state index contributed by atoms with van der Waals surface area (Å²) in [7, 11) is 0. The maximum absolute atomic E-state index is 13.1. The molecule has 2 aromatic heterocycles. The summed E-state index contributed by atoms with van der Waals surface area (Å²) in [5.74, 6) is -3.59. The van der Waals surface area contributed by atoms with Gasteiger partial charge in [0.05, 0.1) is 24.0 Å². The number of aromatic hydroxyl groups is 1. The number of nitrogens with zero attached hydrogens (tertiary/aromatic N) is 3. The van der Waals surface area contributed by atoms with Crippen molar-refractivity contribution in [2.75, 3.05) is 24.1 Å². The van der Waals surface area contributed by atoms with Gasteiger partial charge in [-0.05, 0) is 79.2 Å². The van der Waals surface area contributed by atoms with Crippen LogP contribution in [0.25, 0.3) is 44.6 Å². The fourth-order valence-corrected chi connectivity index (χ4v) is 6.98. The van der Waals surface area contributed by atoms with Crippen molar-refractivity contribution in [1.29, 1.82) is 0 Å². The van der Waals surface area contributed by atoms with Crippen molar-refractivity contribution in [2.45, 2.75) is 45.7 Å². The fourth-order valence-electron chi connectivity index (χ4n) is 6.76. The van der Waals surface area contributed by atoms with Gasteiger partial charge in [0.15, 0.2) is 21.7 Å². The highest BCUT2D eigenvalue weighted by molar-refractivity contribution is 7.80. The molecule has 2 amide bonds. The van der Waals surface area contributed by atoms with E-state index in [0.29, 0.717) is 45.6 Å². The van der Waals surface area contributed by atoms with Crippen molar-refractivity contribution in [3.8, 4) is 28.2 Å². The summed E-state index contributed by atoms with van der Waals surface area (Å²) >= 11 is 5.39. The summed E-state index contributed by atoms with van der Waals surface area (Å²) in [6.45, 7) is 4.46. The number of nitrogens with one attached hydrogen (secondary N) is 6. The first-order valence-corrected chi connectivity index (χ1v) is 20.9. The highest BCUT2D eigenvalue weighted by atomic mass is 32.1. The monoisotopic (exact) mass is 916 g/mol. The number of aliphatic carboxylic acids is 1. The second-order valence-electron chi connectivity index (χ2n) is 14.2. The molecule has 1 unspecified atom stereocenters. The van der Waals surface area contributed by atoms with Gasteiger partial charge in [-0.2, -0.15) is 4.98 Å². The SMILES string of the molecule is CC.Nc1nc2ncc(CNC3=CCC=C(C(=O)NC(CCC(=O)NCCNC(=S)Nc4ccc(-c5c6ccc(=O)cc-6oc6cc(O)ccc56)c(C(=O)O)c4)C(=O)O)C=C3)nc2c(=O)[nH]1. The molecule has 0 spiro atoms. The van der Waals surface area contributed by atoms with Gasteiger partial charge in [-0.3, -0.25) is 24.2 Å². The van der Waals surface area contributed by atoms with Crippen LogP contribution in [0.4, 0.5) is 11.6 Å². The normalized spacial score (nSPS) is 12.5. The van der Waals surface area contributed by atoms with Crippen LogP contribution in [0.15, 0.2) is 110 Å². The highest BCUT2D eigenvalue weighted by Gasteiger charge is 2.24. The lowest BCUT2D eigenvalue weighted by molar-refractivity contribution is -0.141. The molecule has 1 atom stereocenters. The minimum atomic E-state index is -1.36. The zero-order valence-corrected chi connectivity index (χ0v) is 36.2. The number of rotatable bonds is 15. The molecular formula is C45H44N10O10S. The largest absolute Gasteiger partial charge is 0.508 e. The highest BCUT2D eigenvalue weighted by Crippen LogP contribution is 2.42. The van der Waals surface area contributed by atoms with E-state index in [1.54, 1.807) is 42.5 Å². The Morgan fingerprint density at radius 3 is 2.48 bits per heavy atom. The Balaban J connectivity index is 0.00000355. The molecular weight excluding hydrogens is 873 g/mol. The van der Waals surface area contributed by atoms with Crippen LogP contribution in [-0.4, -0.2) is 83.3 Å². The van der Waals surface area contributed by atoms with Gasteiger partial charge >= 0.3 is 11.9 Å². The summed E-state index contributed by atoms with van der Waals surface area (Å²) < 4.78 is 5.88. The topological polar surface area (TPSA) is 317 Å². The van der Waals surface area contributed by atoms with E-state index in [-0.39, 0.29) is 88.4 Å². The van der Waals surface area contributed by atoms with Crippen LogP contribution in [0.1, 0.15) is 49.2 Å². The van der Waals surface area contributed by atoms with Gasteiger partial charge in [-0.15, -0.1) is 0 Å². The Bertz CT molecular complexity index is 3050. The maximum Gasteiger partial charge on any atom is 0.336 e. The number of phenolic OH excluding ortho intramolecular Hbond substituents is 1. The number of thiocarbonyl (C=S) groups is 1. The number of carbonyl (C=O) groups is 4. The van der Waals surface area contributed by atoms with Crippen LogP contribution < -0.4 is 43.3 Å². The lowest BCUT2D eigenvalue weighted by Crippen LogP contribution is -2.42. The van der Waals surface area contributed by atoms with Gasteiger partial charge < -0.3 is 52.1 Å². The number of amides is 2. The van der Waals surface area contributed by atoms with E-state index in [2.05, 4.69) is 46.5 Å². The molecule has 0 saturated carbocycles. The molecule has 0 radical (unpaired) electrons. The van der Waals surface area contributed by atoms with E-state index in [9.17, 15) is 44.1 Å². The molecule has 21 heteroatoms. The molecule has 11 N–H and O–H groups in total. The third kappa shape index (κ3) is 11.6. The average Bonchev–Trinajstić information content (AvgIpc) is 3.54. The summed E-state index contributed by atoms with van der Waals surface area (Å²) in [5.41, 5.74) is 8.00. The Morgan fingerprint density at radius 1 is 0.939 bits per heavy atom. The molecule has 2 aromatic carbocycles. The summed E-state index contributed by atoms with van der Waals surface area (Å²) in [6.07, 6.45) is 7.98. The lowest BCUT2D eigenvalue weighted by atomic mass is 9.90. The first-order valence-electron chi connectivity index (χ1n) is 20.5. The quantitative estimate of drug-likeness (QED) is 0.0396. The molecule has 20 nitrogen and oxygen atoms in total. The third-order valence-electron chi connectivity index (χ3n) is 9.79. The second kappa shape index (κ2) is 21.3. The van der Waals surface area contributed by atoms with Crippen LogP contribution in [0.3, 0.4) is 0 Å². The van der Waals surface area contributed by atoms with Crippen LogP contribution in [0, 0.1) is 0 Å². The first-order chi connectivity index (χ1) is 31.7. The molecule has 7 rings (SSSR count). The van der Waals surface area contributed by atoms with Gasteiger partial charge in [0.1, 0.15) is 23.1 Å². The number of hydrogen-bond donors (Lipinski definition) is 10. The number of anilines is 2. The van der Waals surface area contributed by atoms with E-state index >= 15 is 0 Å². The van der Waals surface area contributed by atoms with Gasteiger partial charge in [-0.25, -0.2) is 19.6 Å². The Hall–Kier alpha value is -8.46. The Morgan fingerprint density at radius 2 is 1.71 bits per heavy atom. The standard InChI is InChI=1S/C43H38N10O10S.C2H6/c44-42-52-37-36(39(58)53-42)49-24(20-48-37)19-47-22-3-1-2-21(4-5-22)38(57)51-31(41(61)62)12-13-34(56)45-14-15-46-43(64)50-23-6-9-27(30(16-23)40(59)60)35-28-10-7-25(54)17-32(28)63-33-18-26(55)8-11-29(33)35;1-2/h2-11,16-18,20,31,47,54H,1,12-15,19H2,(H,45,56)(H,51,57)(H,59,60)(H,61,62)(H2,46,50,64)(H3,44,48,52,53,58);1-2H3. The number of benzene rings is 3. The van der Waals surface area contributed by atoms with Crippen LogP contribution in [0.5, 0.6) is 5.75 Å². The van der Waals surface area contributed by atoms with Crippen molar-refractivity contribution in [1.82, 2.24) is 41.2 Å². The van der Waals surface area contributed by atoms with E-state index < -0.39 is 35.4 Å².